The highest BCUT2D eigenvalue weighted by molar-refractivity contribution is 6.33. The Morgan fingerprint density at radius 1 is 0.500 bits per heavy atom. The second kappa shape index (κ2) is 14.3. The van der Waals surface area contributed by atoms with E-state index in [-0.39, 0.29) is 0 Å². The largest absolute Gasteiger partial charge is 0.478 e. The van der Waals surface area contributed by atoms with Crippen LogP contribution in [-0.4, -0.2) is 22.2 Å². The molecule has 0 saturated carbocycles. The summed E-state index contributed by atoms with van der Waals surface area (Å²) in [4.78, 5) is 20.4. The topological polar surface area (TPSA) is 74.6 Å². The maximum absolute atomic E-state index is 10.2. The van der Waals surface area contributed by atoms with E-state index in [2.05, 4.69) is 0 Å². The number of hydrogen-bond acceptors (Lipinski definition) is 2. The second-order valence-electron chi connectivity index (χ2n) is 6.72. The number of halogens is 2. The number of benzene rings is 4. The third kappa shape index (κ3) is 9.33. The minimum atomic E-state index is -0.879. The highest BCUT2D eigenvalue weighted by atomic mass is 35.5. The van der Waals surface area contributed by atoms with Crippen molar-refractivity contribution < 1.29 is 19.8 Å². The third-order valence-electron chi connectivity index (χ3n) is 4.29. The molecule has 2 N–H and O–H groups in total. The van der Waals surface area contributed by atoms with E-state index in [1.54, 1.807) is 60.7 Å². The highest BCUT2D eigenvalue weighted by Gasteiger charge is 1.98. The Hall–Kier alpha value is -3.86. The van der Waals surface area contributed by atoms with Crippen LogP contribution >= 0.6 is 23.2 Å². The smallest absolute Gasteiger partial charge is 0.335 e. The molecule has 34 heavy (non-hydrogen) atoms. The molecule has 4 nitrogen and oxygen atoms in total. The van der Waals surface area contributed by atoms with Gasteiger partial charge in [-0.25, -0.2) is 9.59 Å². The van der Waals surface area contributed by atoms with Crippen molar-refractivity contribution in [1.82, 2.24) is 0 Å². The molecule has 0 aromatic heterocycles. The molecule has 6 heteroatoms. The van der Waals surface area contributed by atoms with Crippen LogP contribution in [0.2, 0.25) is 10.0 Å². The molecule has 0 atom stereocenters. The number of rotatable bonds is 4. The van der Waals surface area contributed by atoms with Crippen LogP contribution in [-0.2, 0) is 0 Å². The van der Waals surface area contributed by atoms with Crippen molar-refractivity contribution >= 4 is 47.3 Å². The van der Waals surface area contributed by atoms with Crippen LogP contribution in [0, 0.1) is 0 Å². The first-order chi connectivity index (χ1) is 16.4. The molecule has 172 valence electrons. The average molecular weight is 493 g/mol. The Balaban J connectivity index is 0.000000194. The fourth-order valence-corrected chi connectivity index (χ4v) is 2.96. The van der Waals surface area contributed by atoms with E-state index >= 15 is 0 Å². The predicted molar refractivity (Wildman–Crippen MR) is 139 cm³/mol. The lowest BCUT2D eigenvalue weighted by atomic mass is 10.1. The van der Waals surface area contributed by atoms with Gasteiger partial charge in [0, 0.05) is 10.0 Å². The minimum absolute atomic E-state index is 0.331. The molecule has 0 spiro atoms. The maximum atomic E-state index is 10.2. The number of carboxylic acids is 2. The predicted octanol–water partition coefficient (Wildman–Crippen LogP) is 7.93. The molecule has 4 aromatic carbocycles. The Bertz CT molecular complexity index is 1130. The lowest BCUT2D eigenvalue weighted by Gasteiger charge is -1.98. The first-order valence-electron chi connectivity index (χ1n) is 10.1. The summed E-state index contributed by atoms with van der Waals surface area (Å²) in [6.45, 7) is 0. The van der Waals surface area contributed by atoms with Gasteiger partial charge >= 0.3 is 11.9 Å². The molecule has 4 rings (SSSR count). The Labute approximate surface area is 208 Å². The number of carbonyl (C=O) groups is 2. The van der Waals surface area contributed by atoms with Gasteiger partial charge in [0.1, 0.15) is 0 Å². The normalized spacial score (nSPS) is 9.82. The van der Waals surface area contributed by atoms with Gasteiger partial charge in [-0.15, -0.1) is 0 Å². The molecule has 0 unspecified atom stereocenters. The zero-order chi connectivity index (χ0) is 24.8. The summed E-state index contributed by atoms with van der Waals surface area (Å²) in [7, 11) is 0. The van der Waals surface area contributed by atoms with Crippen LogP contribution in [0.3, 0.4) is 0 Å². The van der Waals surface area contributed by atoms with E-state index in [4.69, 9.17) is 33.4 Å². The summed E-state index contributed by atoms with van der Waals surface area (Å²) in [6, 6.07) is 32.0. The van der Waals surface area contributed by atoms with Crippen molar-refractivity contribution in [3.05, 3.63) is 141 Å². The summed E-state index contributed by atoms with van der Waals surface area (Å²) in [5.74, 6) is -1.76. The van der Waals surface area contributed by atoms with Gasteiger partial charge in [0.05, 0.1) is 11.1 Å². The van der Waals surface area contributed by atoms with Gasteiger partial charge in [0.2, 0.25) is 0 Å². The fourth-order valence-electron chi connectivity index (χ4n) is 2.56. The van der Waals surface area contributed by atoms with Crippen LogP contribution in [0.4, 0.5) is 0 Å². The lowest BCUT2D eigenvalue weighted by Crippen LogP contribution is -1.93. The molecule has 0 saturated heterocycles. The first kappa shape index (κ1) is 26.4. The zero-order valence-electron chi connectivity index (χ0n) is 18.0. The van der Waals surface area contributed by atoms with E-state index in [1.165, 1.54) is 0 Å². The quantitative estimate of drug-likeness (QED) is 0.283. The van der Waals surface area contributed by atoms with Gasteiger partial charge in [-0.1, -0.05) is 108 Å². The van der Waals surface area contributed by atoms with Crippen LogP contribution in [0.15, 0.2) is 109 Å². The first-order valence-corrected chi connectivity index (χ1v) is 10.9. The summed E-state index contributed by atoms with van der Waals surface area (Å²) < 4.78 is 0. The summed E-state index contributed by atoms with van der Waals surface area (Å²) in [5, 5.41) is 18.3. The Kier molecular flexibility index (Phi) is 11.1. The average Bonchev–Trinajstić information content (AvgIpc) is 2.86. The summed E-state index contributed by atoms with van der Waals surface area (Å²) >= 11 is 12.1. The van der Waals surface area contributed by atoms with Crippen molar-refractivity contribution in [3.8, 4) is 0 Å². The minimum Gasteiger partial charge on any atom is -0.478 e. The summed E-state index contributed by atoms with van der Waals surface area (Å²) in [5.41, 5.74) is 2.64. The van der Waals surface area contributed by atoms with Gasteiger partial charge in [-0.2, -0.15) is 0 Å². The van der Waals surface area contributed by atoms with Gasteiger partial charge in [0.25, 0.3) is 0 Å². The maximum Gasteiger partial charge on any atom is 0.335 e. The Morgan fingerprint density at radius 2 is 0.794 bits per heavy atom. The molecule has 0 radical (unpaired) electrons. The monoisotopic (exact) mass is 492 g/mol. The standard InChI is InChI=1S/C14H10Cl2.2C7H6O2/c15-13-7-3-1-5-11(13)9-10-12-6-2-4-8-14(12)16;2*8-7(9)6-4-2-1-3-5-6/h1-10H;2*1-5H,(H,8,9). The number of aromatic carboxylic acids is 2. The summed E-state index contributed by atoms with van der Waals surface area (Å²) in [6.07, 6.45) is 3.92. The van der Waals surface area contributed by atoms with Crippen molar-refractivity contribution in [1.29, 1.82) is 0 Å². The fraction of sp³-hybridized carbons (Fsp3) is 0. The third-order valence-corrected chi connectivity index (χ3v) is 4.98. The molecule has 4 aromatic rings. The van der Waals surface area contributed by atoms with Gasteiger partial charge in [0.15, 0.2) is 0 Å². The van der Waals surface area contributed by atoms with Crippen LogP contribution in [0.5, 0.6) is 0 Å². The van der Waals surface area contributed by atoms with Crippen LogP contribution in [0.25, 0.3) is 12.2 Å². The van der Waals surface area contributed by atoms with E-state index in [0.717, 1.165) is 21.2 Å². The van der Waals surface area contributed by atoms with Crippen molar-refractivity contribution in [2.75, 3.05) is 0 Å². The Morgan fingerprint density at radius 3 is 1.06 bits per heavy atom. The van der Waals surface area contributed by atoms with Gasteiger partial charge in [-0.3, -0.25) is 0 Å². The SMILES string of the molecule is Clc1ccccc1C=Cc1ccccc1Cl.O=C(O)c1ccccc1.O=C(O)c1ccccc1. The molecule has 0 aliphatic heterocycles. The van der Waals surface area contributed by atoms with E-state index in [0.29, 0.717) is 11.1 Å². The number of carboxylic acid groups (broad SMARTS) is 2. The van der Waals surface area contributed by atoms with Crippen molar-refractivity contribution in [2.45, 2.75) is 0 Å². The van der Waals surface area contributed by atoms with Gasteiger partial charge in [-0.05, 0) is 47.5 Å². The molecule has 0 aliphatic carbocycles. The molecule has 0 heterocycles. The molecule has 0 bridgehead atoms. The van der Waals surface area contributed by atoms with Crippen LogP contribution in [0.1, 0.15) is 31.8 Å². The van der Waals surface area contributed by atoms with Gasteiger partial charge < -0.3 is 10.2 Å². The zero-order valence-corrected chi connectivity index (χ0v) is 19.5. The van der Waals surface area contributed by atoms with E-state index in [1.807, 2.05) is 60.7 Å². The molecular formula is C28H22Cl2O4. The van der Waals surface area contributed by atoms with E-state index < -0.39 is 11.9 Å². The van der Waals surface area contributed by atoms with Crippen LogP contribution < -0.4 is 0 Å². The molecule has 0 fully saturated rings. The number of hydrogen-bond donors (Lipinski definition) is 2. The van der Waals surface area contributed by atoms with E-state index in [9.17, 15) is 9.59 Å². The lowest BCUT2D eigenvalue weighted by molar-refractivity contribution is 0.0686. The molecule has 0 aliphatic rings. The van der Waals surface area contributed by atoms with Crippen molar-refractivity contribution in [2.24, 2.45) is 0 Å². The van der Waals surface area contributed by atoms with Crippen molar-refractivity contribution in [3.63, 3.8) is 0 Å². The second-order valence-corrected chi connectivity index (χ2v) is 7.53. The molecular weight excluding hydrogens is 471 g/mol. The molecule has 0 amide bonds. The highest BCUT2D eigenvalue weighted by Crippen LogP contribution is 2.21.